The molecule has 4 rings (SSSR count). The van der Waals surface area contributed by atoms with Gasteiger partial charge in [-0.1, -0.05) is 17.8 Å². The Hall–Kier alpha value is -4.40. The van der Waals surface area contributed by atoms with Crippen LogP contribution in [-0.2, 0) is 30.1 Å². The minimum Gasteiger partial charge on any atom is -0.497 e. The number of nitrogens with zero attached hydrogens (tertiary/aromatic N) is 3. The quantitative estimate of drug-likeness (QED) is 0.115. The first-order valence-electron chi connectivity index (χ1n) is 14.0. The second kappa shape index (κ2) is 14.8. The van der Waals surface area contributed by atoms with Gasteiger partial charge in [-0.05, 0) is 80.4 Å². The highest BCUT2D eigenvalue weighted by atomic mass is 32.2. The first-order chi connectivity index (χ1) is 21.8. The minimum absolute atomic E-state index is 0.00468. The number of rotatable bonds is 13. The van der Waals surface area contributed by atoms with Gasteiger partial charge in [-0.2, -0.15) is 26.3 Å². The molecule has 1 heterocycles. The highest BCUT2D eigenvalue weighted by Gasteiger charge is 2.37. The number of aromatic nitrogens is 3. The fraction of sp³-hybridized carbons (Fsp3) is 0.323. The molecule has 246 valence electrons. The number of aryl methyl sites for hydroxylation is 1. The van der Waals surface area contributed by atoms with Crippen molar-refractivity contribution in [2.24, 2.45) is 0 Å². The first-order valence-corrected chi connectivity index (χ1v) is 15.0. The third-order valence-corrected chi connectivity index (χ3v) is 7.47. The monoisotopic (exact) mass is 668 g/mol. The molecule has 3 aromatic carbocycles. The van der Waals surface area contributed by atoms with Crippen LogP contribution in [0.1, 0.15) is 30.5 Å². The molecule has 1 amide bonds. The zero-order valence-corrected chi connectivity index (χ0v) is 25.8. The molecule has 0 saturated carbocycles. The van der Waals surface area contributed by atoms with E-state index in [9.17, 15) is 31.1 Å². The second-order valence-corrected chi connectivity index (χ2v) is 10.7. The zero-order valence-electron chi connectivity index (χ0n) is 25.0. The van der Waals surface area contributed by atoms with Crippen LogP contribution < -0.4 is 19.5 Å². The second-order valence-electron chi connectivity index (χ2n) is 9.71. The average Bonchev–Trinajstić information content (AvgIpc) is 3.42. The van der Waals surface area contributed by atoms with Gasteiger partial charge in [-0.3, -0.25) is 4.79 Å². The molecule has 0 fully saturated rings. The molecule has 0 radical (unpaired) electrons. The maximum Gasteiger partial charge on any atom is 0.416 e. The Morgan fingerprint density at radius 2 is 1.48 bits per heavy atom. The number of hydrogen-bond donors (Lipinski definition) is 1. The number of methoxy groups -OCH3 is 1. The van der Waals surface area contributed by atoms with Crippen molar-refractivity contribution >= 4 is 23.4 Å². The summed E-state index contributed by atoms with van der Waals surface area (Å²) >= 11 is 0.936. The summed E-state index contributed by atoms with van der Waals surface area (Å²) in [5, 5.41) is 11.0. The number of benzene rings is 3. The summed E-state index contributed by atoms with van der Waals surface area (Å²) < 4.78 is 97.9. The van der Waals surface area contributed by atoms with Gasteiger partial charge in [-0.15, -0.1) is 10.2 Å². The Labute approximate surface area is 265 Å². The summed E-state index contributed by atoms with van der Waals surface area (Å²) in [4.78, 5) is 12.7. The van der Waals surface area contributed by atoms with Crippen LogP contribution in [0, 0.1) is 0 Å². The molecule has 15 heteroatoms. The predicted molar refractivity (Wildman–Crippen MR) is 160 cm³/mol. The van der Waals surface area contributed by atoms with Gasteiger partial charge >= 0.3 is 12.4 Å². The van der Waals surface area contributed by atoms with Crippen molar-refractivity contribution in [3.05, 3.63) is 77.4 Å². The number of alkyl halides is 6. The van der Waals surface area contributed by atoms with Crippen molar-refractivity contribution in [2.45, 2.75) is 44.3 Å². The molecular weight excluding hydrogens is 638 g/mol. The normalized spacial score (nSPS) is 11.8. The van der Waals surface area contributed by atoms with E-state index < -0.39 is 35.1 Å². The Balaban J connectivity index is 1.57. The number of halogens is 6. The van der Waals surface area contributed by atoms with Crippen LogP contribution in [0.2, 0.25) is 0 Å². The fourth-order valence-electron chi connectivity index (χ4n) is 4.40. The number of thioether (sulfide) groups is 1. The van der Waals surface area contributed by atoms with E-state index in [4.69, 9.17) is 14.2 Å². The van der Waals surface area contributed by atoms with E-state index in [1.54, 1.807) is 28.8 Å². The number of anilines is 1. The maximum atomic E-state index is 13.3. The third-order valence-electron chi connectivity index (χ3n) is 6.50. The molecule has 4 aromatic rings. The maximum absolute atomic E-state index is 13.3. The van der Waals surface area contributed by atoms with Crippen LogP contribution in [0.3, 0.4) is 0 Å². The van der Waals surface area contributed by atoms with Gasteiger partial charge in [0.05, 0.1) is 37.2 Å². The van der Waals surface area contributed by atoms with E-state index >= 15 is 0 Å². The Morgan fingerprint density at radius 1 is 0.848 bits per heavy atom. The lowest BCUT2D eigenvalue weighted by molar-refractivity contribution is -0.143. The molecule has 0 atom stereocenters. The molecule has 0 unspecified atom stereocenters. The molecule has 46 heavy (non-hydrogen) atoms. The van der Waals surface area contributed by atoms with Crippen molar-refractivity contribution in [3.63, 3.8) is 0 Å². The molecular formula is C31H30F6N4O4S. The standard InChI is InChI=1S/C31H30F6N4O4S/c1-4-44-25-11-6-19(14-26(25)45-5-2)12-13-41-28(20-7-9-24(43-3)10-8-20)39-40-29(41)46-18-27(42)38-23-16-21(30(32,33)34)15-22(17-23)31(35,36)37/h6-11,14-17H,4-5,12-13,18H2,1-3H3,(H,38,42). The number of amides is 1. The Kier molecular flexibility index (Phi) is 11.1. The van der Waals surface area contributed by atoms with Crippen LogP contribution in [-0.4, -0.2) is 46.7 Å². The highest BCUT2D eigenvalue weighted by Crippen LogP contribution is 2.38. The van der Waals surface area contributed by atoms with E-state index in [1.807, 2.05) is 32.0 Å². The smallest absolute Gasteiger partial charge is 0.416 e. The summed E-state index contributed by atoms with van der Waals surface area (Å²) in [5.74, 6) is 1.12. The van der Waals surface area contributed by atoms with Crippen LogP contribution >= 0.6 is 11.8 Å². The van der Waals surface area contributed by atoms with Crippen LogP contribution in [0.5, 0.6) is 17.2 Å². The molecule has 1 N–H and O–H groups in total. The molecule has 0 bridgehead atoms. The highest BCUT2D eigenvalue weighted by molar-refractivity contribution is 7.99. The van der Waals surface area contributed by atoms with Crippen LogP contribution in [0.25, 0.3) is 11.4 Å². The minimum atomic E-state index is -5.05. The molecule has 1 aromatic heterocycles. The molecule has 0 aliphatic heterocycles. The summed E-state index contributed by atoms with van der Waals surface area (Å²) in [7, 11) is 1.54. The van der Waals surface area contributed by atoms with Gasteiger partial charge in [0.2, 0.25) is 5.91 Å². The van der Waals surface area contributed by atoms with Crippen molar-refractivity contribution in [2.75, 3.05) is 31.4 Å². The largest absolute Gasteiger partial charge is 0.497 e. The number of nitrogens with one attached hydrogen (secondary N) is 1. The van der Waals surface area contributed by atoms with E-state index in [0.717, 1.165) is 17.3 Å². The number of ether oxygens (including phenoxy) is 3. The number of hydrogen-bond acceptors (Lipinski definition) is 7. The van der Waals surface area contributed by atoms with Crippen molar-refractivity contribution in [1.29, 1.82) is 0 Å². The van der Waals surface area contributed by atoms with E-state index in [1.165, 1.54) is 7.11 Å². The van der Waals surface area contributed by atoms with Gasteiger partial charge in [-0.25, -0.2) is 0 Å². The summed E-state index contributed by atoms with van der Waals surface area (Å²) in [5.41, 5.74) is -2.07. The number of carbonyl (C=O) groups excluding carboxylic acids is 1. The van der Waals surface area contributed by atoms with Gasteiger partial charge in [0, 0.05) is 17.8 Å². The van der Waals surface area contributed by atoms with Gasteiger partial charge in [0.15, 0.2) is 22.5 Å². The molecule has 0 aliphatic rings. The first kappa shape index (κ1) is 34.5. The SMILES string of the molecule is CCOc1ccc(CCn2c(SCC(=O)Nc3cc(C(F)(F)F)cc(C(F)(F)F)c3)nnc2-c2ccc(OC)cc2)cc1OCC. The Bertz CT molecular complexity index is 1610. The summed E-state index contributed by atoms with van der Waals surface area (Å²) in [6.45, 7) is 5.01. The van der Waals surface area contributed by atoms with Gasteiger partial charge in [0.25, 0.3) is 0 Å². The predicted octanol–water partition coefficient (Wildman–Crippen LogP) is 7.76. The topological polar surface area (TPSA) is 87.5 Å². The lowest BCUT2D eigenvalue weighted by Gasteiger charge is -2.15. The van der Waals surface area contributed by atoms with Crippen molar-refractivity contribution in [1.82, 2.24) is 14.8 Å². The summed E-state index contributed by atoms with van der Waals surface area (Å²) in [6, 6.07) is 13.6. The van der Waals surface area contributed by atoms with Gasteiger partial charge < -0.3 is 24.1 Å². The lowest BCUT2D eigenvalue weighted by Crippen LogP contribution is -2.17. The van der Waals surface area contributed by atoms with E-state index in [-0.39, 0.29) is 11.8 Å². The molecule has 0 saturated heterocycles. The average molecular weight is 669 g/mol. The molecule has 0 aliphatic carbocycles. The lowest BCUT2D eigenvalue weighted by atomic mass is 10.1. The van der Waals surface area contributed by atoms with Gasteiger partial charge in [0.1, 0.15) is 5.75 Å². The summed E-state index contributed by atoms with van der Waals surface area (Å²) in [6.07, 6.45) is -9.59. The number of carbonyl (C=O) groups is 1. The fourth-order valence-corrected chi connectivity index (χ4v) is 5.16. The van der Waals surface area contributed by atoms with E-state index in [2.05, 4.69) is 15.5 Å². The van der Waals surface area contributed by atoms with Crippen molar-refractivity contribution in [3.8, 4) is 28.6 Å². The van der Waals surface area contributed by atoms with Crippen LogP contribution in [0.4, 0.5) is 32.0 Å². The van der Waals surface area contributed by atoms with E-state index in [0.29, 0.717) is 72.1 Å². The molecule has 8 nitrogen and oxygen atoms in total. The zero-order chi connectivity index (χ0) is 33.5. The van der Waals surface area contributed by atoms with Crippen LogP contribution in [0.15, 0.2) is 65.8 Å². The van der Waals surface area contributed by atoms with Crippen molar-refractivity contribution < 1.29 is 45.3 Å². The Morgan fingerprint density at radius 3 is 2.07 bits per heavy atom. The molecule has 0 spiro atoms. The third kappa shape index (κ3) is 8.86.